The molecule has 0 radical (unpaired) electrons. The average Bonchev–Trinajstić information content (AvgIpc) is 2.39. The average molecular weight is 273 g/mol. The normalized spacial score (nSPS) is 10.6. The van der Waals surface area contributed by atoms with E-state index in [1.54, 1.807) is 0 Å². The van der Waals surface area contributed by atoms with Crippen molar-refractivity contribution in [2.24, 2.45) is 7.05 Å². The number of carbonyl (C=O) groups is 2. The highest BCUT2D eigenvalue weighted by Gasteiger charge is 2.22. The van der Waals surface area contributed by atoms with Crippen LogP contribution in [0.15, 0.2) is 6.07 Å². The molecule has 4 nitrogen and oxygen atoms in total. The first-order chi connectivity index (χ1) is 7.98. The van der Waals surface area contributed by atoms with Crippen LogP contribution in [0.1, 0.15) is 49.4 Å². The predicted molar refractivity (Wildman–Crippen MR) is 69.7 cm³/mol. The molecular weight excluding hydrogens is 254 g/mol. The largest absolute Gasteiger partial charge is 0.550 e. The van der Waals surface area contributed by atoms with Crippen LogP contribution in [-0.4, -0.2) is 15.8 Å². The van der Waals surface area contributed by atoms with Gasteiger partial charge in [-0.3, -0.25) is 4.79 Å². The number of aliphatic carboxylic acids is 1. The Hall–Kier alpha value is -1.29. The van der Waals surface area contributed by atoms with Crippen LogP contribution >= 0.6 is 11.6 Å². The molecule has 0 saturated carbocycles. The van der Waals surface area contributed by atoms with E-state index in [-0.39, 0.29) is 10.7 Å². The number of rotatable bonds is 1. The van der Waals surface area contributed by atoms with E-state index < -0.39 is 5.97 Å². The summed E-state index contributed by atoms with van der Waals surface area (Å²) in [5.41, 5.74) is 2.69. The summed E-state index contributed by atoms with van der Waals surface area (Å²) in [5, 5.41) is 8.50. The van der Waals surface area contributed by atoms with Crippen molar-refractivity contribution in [3.63, 3.8) is 0 Å². The fourth-order valence-corrected chi connectivity index (χ4v) is 2.04. The number of hydrogen-bond donors (Lipinski definition) is 0. The van der Waals surface area contributed by atoms with Crippen molar-refractivity contribution in [2.45, 2.75) is 40.0 Å². The Balaban J connectivity index is 0.000000631. The van der Waals surface area contributed by atoms with Crippen LogP contribution in [0.2, 0.25) is 0 Å². The van der Waals surface area contributed by atoms with Gasteiger partial charge in [0.15, 0.2) is 0 Å². The molecule has 1 aromatic rings. The first kappa shape index (κ1) is 16.7. The molecule has 102 valence electrons. The Bertz CT molecular complexity index is 452. The van der Waals surface area contributed by atoms with Gasteiger partial charge >= 0.3 is 0 Å². The van der Waals surface area contributed by atoms with Crippen molar-refractivity contribution < 1.29 is 14.7 Å². The molecule has 1 aromatic heterocycles. The lowest BCUT2D eigenvalue weighted by atomic mass is 9.92. The van der Waals surface area contributed by atoms with Crippen LogP contribution in [0.5, 0.6) is 0 Å². The lowest BCUT2D eigenvalue weighted by Gasteiger charge is -2.19. The minimum Gasteiger partial charge on any atom is -0.550 e. The fraction of sp³-hybridized carbons (Fsp3) is 0.538. The molecule has 0 saturated heterocycles. The highest BCUT2D eigenvalue weighted by atomic mass is 35.5. The second kappa shape index (κ2) is 6.05. The third kappa shape index (κ3) is 4.53. The lowest BCUT2D eigenvalue weighted by molar-refractivity contribution is -0.302. The van der Waals surface area contributed by atoms with Crippen molar-refractivity contribution in [3.8, 4) is 0 Å². The molecule has 5 heteroatoms. The quantitative estimate of drug-likeness (QED) is 0.732. The highest BCUT2D eigenvalue weighted by molar-refractivity contribution is 6.67. The minimum atomic E-state index is -1.08. The number of carboxylic acid groups (broad SMARTS) is 1. The number of carboxylic acids is 1. The summed E-state index contributed by atoms with van der Waals surface area (Å²) in [4.78, 5) is 20.1. The van der Waals surface area contributed by atoms with E-state index in [4.69, 9.17) is 21.5 Å². The molecule has 0 aliphatic carbocycles. The Morgan fingerprint density at radius 3 is 1.89 bits per heavy atom. The van der Waals surface area contributed by atoms with Gasteiger partial charge in [-0.2, -0.15) is 0 Å². The SMILES string of the molecule is CC(=O)[O-].Cc1cc(C(C)(C)C)n(C)c1C(=O)Cl. The summed E-state index contributed by atoms with van der Waals surface area (Å²) in [6, 6.07) is 2.02. The van der Waals surface area contributed by atoms with Crippen LogP contribution in [0.3, 0.4) is 0 Å². The minimum absolute atomic E-state index is 0.0318. The molecule has 1 heterocycles. The molecule has 0 aliphatic rings. The summed E-state index contributed by atoms with van der Waals surface area (Å²) >= 11 is 5.52. The summed E-state index contributed by atoms with van der Waals surface area (Å²) in [5.74, 6) is -1.08. The third-order valence-electron chi connectivity index (χ3n) is 2.38. The molecule has 0 atom stereocenters. The topological polar surface area (TPSA) is 62.1 Å². The molecule has 0 aromatic carbocycles. The summed E-state index contributed by atoms with van der Waals surface area (Å²) in [6.07, 6.45) is 0. The van der Waals surface area contributed by atoms with E-state index in [1.165, 1.54) is 0 Å². The second-order valence-electron chi connectivity index (χ2n) is 5.14. The van der Waals surface area contributed by atoms with Gasteiger partial charge in [-0.25, -0.2) is 0 Å². The number of halogens is 1. The summed E-state index contributed by atoms with van der Waals surface area (Å²) in [7, 11) is 1.88. The smallest absolute Gasteiger partial charge is 0.269 e. The highest BCUT2D eigenvalue weighted by Crippen LogP contribution is 2.27. The molecule has 1 rings (SSSR count). The maximum Gasteiger partial charge on any atom is 0.269 e. The molecule has 0 amide bonds. The van der Waals surface area contributed by atoms with E-state index in [0.29, 0.717) is 5.69 Å². The Morgan fingerprint density at radius 1 is 1.33 bits per heavy atom. The maximum atomic E-state index is 11.2. The fourth-order valence-electron chi connectivity index (χ4n) is 1.76. The molecule has 18 heavy (non-hydrogen) atoms. The van der Waals surface area contributed by atoms with Crippen molar-refractivity contribution >= 4 is 22.8 Å². The van der Waals surface area contributed by atoms with Gasteiger partial charge in [0.25, 0.3) is 5.24 Å². The number of aryl methyl sites for hydroxylation is 1. The van der Waals surface area contributed by atoms with Gasteiger partial charge in [0.1, 0.15) is 5.69 Å². The van der Waals surface area contributed by atoms with Crippen LogP contribution in [0.4, 0.5) is 0 Å². The Morgan fingerprint density at radius 2 is 1.72 bits per heavy atom. The number of carbonyl (C=O) groups excluding carboxylic acids is 2. The van der Waals surface area contributed by atoms with Gasteiger partial charge in [0.05, 0.1) is 0 Å². The van der Waals surface area contributed by atoms with E-state index in [0.717, 1.165) is 18.2 Å². The summed E-state index contributed by atoms with van der Waals surface area (Å²) in [6.45, 7) is 9.23. The summed E-state index contributed by atoms with van der Waals surface area (Å²) < 4.78 is 1.88. The number of aromatic nitrogens is 1. The van der Waals surface area contributed by atoms with Crippen molar-refractivity contribution in [1.82, 2.24) is 4.57 Å². The Kier molecular flexibility index (Phi) is 5.61. The standard InChI is InChI=1S/C11H16ClNO.C2H4O2/c1-7-6-8(11(2,3)4)13(5)9(7)10(12)14;1-2(3)4/h6H,1-5H3;1H3,(H,3,4)/p-1. The van der Waals surface area contributed by atoms with Gasteiger partial charge < -0.3 is 14.5 Å². The van der Waals surface area contributed by atoms with Crippen LogP contribution in [0, 0.1) is 6.92 Å². The van der Waals surface area contributed by atoms with E-state index in [2.05, 4.69) is 20.8 Å². The lowest BCUT2D eigenvalue weighted by Crippen LogP contribution is -2.17. The predicted octanol–water partition coefficient (Wildman–Crippen LogP) is 1.77. The van der Waals surface area contributed by atoms with Crippen LogP contribution in [0.25, 0.3) is 0 Å². The van der Waals surface area contributed by atoms with Crippen molar-refractivity contribution in [2.75, 3.05) is 0 Å². The van der Waals surface area contributed by atoms with Crippen LogP contribution < -0.4 is 5.11 Å². The molecule has 0 bridgehead atoms. The van der Waals surface area contributed by atoms with Gasteiger partial charge in [-0.05, 0) is 37.1 Å². The monoisotopic (exact) mass is 272 g/mol. The van der Waals surface area contributed by atoms with E-state index >= 15 is 0 Å². The van der Waals surface area contributed by atoms with Crippen LogP contribution in [-0.2, 0) is 17.3 Å². The van der Waals surface area contributed by atoms with Crippen molar-refractivity contribution in [3.05, 3.63) is 23.0 Å². The zero-order chi connectivity index (χ0) is 14.7. The van der Waals surface area contributed by atoms with Gasteiger partial charge in [0, 0.05) is 24.1 Å². The first-order valence-electron chi connectivity index (χ1n) is 5.52. The number of nitrogens with zero attached hydrogens (tertiary/aromatic N) is 1. The molecule has 0 N–H and O–H groups in total. The molecule has 0 aliphatic heterocycles. The molecule has 0 fully saturated rings. The zero-order valence-electron chi connectivity index (χ0n) is 11.6. The zero-order valence-corrected chi connectivity index (χ0v) is 12.4. The van der Waals surface area contributed by atoms with Crippen molar-refractivity contribution in [1.29, 1.82) is 0 Å². The van der Waals surface area contributed by atoms with Gasteiger partial charge in [0.2, 0.25) is 0 Å². The van der Waals surface area contributed by atoms with Gasteiger partial charge in [-0.15, -0.1) is 0 Å². The Labute approximate surface area is 113 Å². The van der Waals surface area contributed by atoms with Gasteiger partial charge in [-0.1, -0.05) is 20.8 Å². The second-order valence-corrected chi connectivity index (χ2v) is 5.48. The molecule has 0 spiro atoms. The number of hydrogen-bond acceptors (Lipinski definition) is 3. The van der Waals surface area contributed by atoms with E-state index in [9.17, 15) is 4.79 Å². The van der Waals surface area contributed by atoms with E-state index in [1.807, 2.05) is 24.6 Å². The maximum absolute atomic E-state index is 11.2. The first-order valence-corrected chi connectivity index (χ1v) is 5.90. The third-order valence-corrected chi connectivity index (χ3v) is 2.56. The molecule has 0 unspecified atom stereocenters. The molecular formula is C13H19ClNO3-.